The third-order valence-corrected chi connectivity index (χ3v) is 7.24. The number of halogens is 1. The highest BCUT2D eigenvalue weighted by atomic mass is 35.5. The number of benzene rings is 3. The Labute approximate surface area is 192 Å². The van der Waals surface area contributed by atoms with Crippen LogP contribution in [0.3, 0.4) is 0 Å². The molecule has 0 amide bonds. The minimum absolute atomic E-state index is 0.0450. The molecule has 0 aliphatic heterocycles. The Morgan fingerprint density at radius 2 is 1.62 bits per heavy atom. The van der Waals surface area contributed by atoms with E-state index in [-0.39, 0.29) is 17.0 Å². The van der Waals surface area contributed by atoms with E-state index in [4.69, 9.17) is 22.0 Å². The minimum atomic E-state index is -3.92. The van der Waals surface area contributed by atoms with Gasteiger partial charge in [-0.25, -0.2) is 13.2 Å². The molecular weight excluding hydrogens is 448 g/mol. The van der Waals surface area contributed by atoms with Crippen LogP contribution >= 0.6 is 11.6 Å². The fourth-order valence-corrected chi connectivity index (χ4v) is 5.22. The molecule has 6 nitrogen and oxygen atoms in total. The van der Waals surface area contributed by atoms with Gasteiger partial charge in [0.05, 0.1) is 28.1 Å². The number of rotatable bonds is 8. The topological polar surface area (TPSA) is 98.5 Å². The van der Waals surface area contributed by atoms with E-state index in [0.29, 0.717) is 22.6 Å². The van der Waals surface area contributed by atoms with Gasteiger partial charge in [-0.15, -0.1) is 0 Å². The Hall–Kier alpha value is -3.18. The highest BCUT2D eigenvalue weighted by molar-refractivity contribution is 7.89. The van der Waals surface area contributed by atoms with Crippen molar-refractivity contribution in [2.45, 2.75) is 30.8 Å². The average Bonchev–Trinajstić information content (AvgIpc) is 2.80. The number of nitriles is 1. The number of carboxylic acid groups (broad SMARTS) is 1. The molecule has 3 rings (SSSR count). The van der Waals surface area contributed by atoms with Crippen molar-refractivity contribution in [2.24, 2.45) is 0 Å². The SMILES string of the molecule is CC[C@@H](c1ccc(C#N)cc1)N(Cc1ccc(C(=O)O)cc1)S(=O)(=O)c1ccc(Cl)cc1. The molecule has 0 aromatic heterocycles. The molecule has 0 aliphatic carbocycles. The maximum atomic E-state index is 13.7. The molecule has 0 radical (unpaired) electrons. The number of carbonyl (C=O) groups is 1. The van der Waals surface area contributed by atoms with Gasteiger partial charge in [-0.05, 0) is 66.1 Å². The Morgan fingerprint density at radius 1 is 1.03 bits per heavy atom. The number of nitrogens with zero attached hydrogens (tertiary/aromatic N) is 2. The summed E-state index contributed by atoms with van der Waals surface area (Å²) >= 11 is 5.94. The Morgan fingerprint density at radius 3 is 2.12 bits per heavy atom. The minimum Gasteiger partial charge on any atom is -0.478 e. The first-order valence-electron chi connectivity index (χ1n) is 9.86. The first-order chi connectivity index (χ1) is 15.3. The molecule has 32 heavy (non-hydrogen) atoms. The van der Waals surface area contributed by atoms with E-state index in [2.05, 4.69) is 6.07 Å². The van der Waals surface area contributed by atoms with Gasteiger partial charge in [-0.3, -0.25) is 0 Å². The van der Waals surface area contributed by atoms with E-state index in [1.807, 2.05) is 6.92 Å². The van der Waals surface area contributed by atoms with Gasteiger partial charge in [-0.1, -0.05) is 42.8 Å². The van der Waals surface area contributed by atoms with Gasteiger partial charge in [0.15, 0.2) is 0 Å². The lowest BCUT2D eigenvalue weighted by Gasteiger charge is -2.31. The number of sulfonamides is 1. The second kappa shape index (κ2) is 9.96. The van der Waals surface area contributed by atoms with E-state index < -0.39 is 22.0 Å². The zero-order chi connectivity index (χ0) is 23.3. The normalized spacial score (nSPS) is 12.3. The highest BCUT2D eigenvalue weighted by Crippen LogP contribution is 2.32. The maximum absolute atomic E-state index is 13.7. The van der Waals surface area contributed by atoms with E-state index in [1.165, 1.54) is 40.7 Å². The summed E-state index contributed by atoms with van der Waals surface area (Å²) < 4.78 is 28.7. The van der Waals surface area contributed by atoms with Crippen LogP contribution in [0.15, 0.2) is 77.7 Å². The van der Waals surface area contributed by atoms with Crippen LogP contribution in [0.1, 0.15) is 46.4 Å². The summed E-state index contributed by atoms with van der Waals surface area (Å²) in [4.78, 5) is 11.3. The van der Waals surface area contributed by atoms with Crippen molar-refractivity contribution >= 4 is 27.6 Å². The molecule has 1 N–H and O–H groups in total. The van der Waals surface area contributed by atoms with Gasteiger partial charge in [0.2, 0.25) is 10.0 Å². The van der Waals surface area contributed by atoms with Crippen LogP contribution in [-0.4, -0.2) is 23.8 Å². The van der Waals surface area contributed by atoms with Crippen molar-refractivity contribution < 1.29 is 18.3 Å². The van der Waals surface area contributed by atoms with Crippen molar-refractivity contribution in [3.63, 3.8) is 0 Å². The summed E-state index contributed by atoms with van der Waals surface area (Å²) in [7, 11) is -3.92. The molecule has 3 aromatic rings. The number of hydrogen-bond acceptors (Lipinski definition) is 4. The second-order valence-electron chi connectivity index (χ2n) is 7.16. The smallest absolute Gasteiger partial charge is 0.335 e. The molecule has 0 saturated heterocycles. The van der Waals surface area contributed by atoms with Gasteiger partial charge in [0, 0.05) is 11.6 Å². The predicted molar refractivity (Wildman–Crippen MR) is 122 cm³/mol. The van der Waals surface area contributed by atoms with Crippen LogP contribution in [0.2, 0.25) is 5.02 Å². The van der Waals surface area contributed by atoms with Gasteiger partial charge in [0.25, 0.3) is 0 Å². The maximum Gasteiger partial charge on any atom is 0.335 e. The molecule has 164 valence electrons. The van der Waals surface area contributed by atoms with Crippen molar-refractivity contribution in [2.75, 3.05) is 0 Å². The van der Waals surface area contributed by atoms with Crippen molar-refractivity contribution in [1.29, 1.82) is 5.26 Å². The lowest BCUT2D eigenvalue weighted by molar-refractivity contribution is 0.0697. The first kappa shape index (κ1) is 23.5. The van der Waals surface area contributed by atoms with Crippen molar-refractivity contribution in [3.8, 4) is 6.07 Å². The van der Waals surface area contributed by atoms with Crippen LogP contribution in [-0.2, 0) is 16.6 Å². The van der Waals surface area contributed by atoms with Gasteiger partial charge < -0.3 is 5.11 Å². The molecule has 0 spiro atoms. The largest absolute Gasteiger partial charge is 0.478 e. The summed E-state index contributed by atoms with van der Waals surface area (Å²) in [6.45, 7) is 1.93. The summed E-state index contributed by atoms with van der Waals surface area (Å²) in [5, 5.41) is 18.6. The zero-order valence-electron chi connectivity index (χ0n) is 17.3. The number of hydrogen-bond donors (Lipinski definition) is 1. The molecule has 3 aromatic carbocycles. The first-order valence-corrected chi connectivity index (χ1v) is 11.7. The van der Waals surface area contributed by atoms with Crippen LogP contribution in [0.5, 0.6) is 0 Å². The quantitative estimate of drug-likeness (QED) is 0.486. The fourth-order valence-electron chi connectivity index (χ4n) is 3.42. The van der Waals surface area contributed by atoms with Gasteiger partial charge >= 0.3 is 5.97 Å². The molecular formula is C24H21ClN2O4S. The third-order valence-electron chi connectivity index (χ3n) is 5.12. The molecule has 1 atom stereocenters. The van der Waals surface area contributed by atoms with Crippen molar-refractivity contribution in [1.82, 2.24) is 4.31 Å². The Balaban J connectivity index is 2.07. The van der Waals surface area contributed by atoms with E-state index in [9.17, 15) is 13.2 Å². The van der Waals surface area contributed by atoms with Gasteiger partial charge in [-0.2, -0.15) is 9.57 Å². The lowest BCUT2D eigenvalue weighted by Crippen LogP contribution is -2.34. The summed E-state index contributed by atoms with van der Waals surface area (Å²) in [5.41, 5.74) is 2.02. The van der Waals surface area contributed by atoms with Crippen LogP contribution in [0.4, 0.5) is 0 Å². The fraction of sp³-hybridized carbons (Fsp3) is 0.167. The molecule has 0 bridgehead atoms. The molecule has 0 saturated carbocycles. The van der Waals surface area contributed by atoms with Crippen molar-refractivity contribution in [3.05, 3.63) is 100 Å². The van der Waals surface area contributed by atoms with Gasteiger partial charge in [0.1, 0.15) is 0 Å². The zero-order valence-corrected chi connectivity index (χ0v) is 18.8. The summed E-state index contributed by atoms with van der Waals surface area (Å²) in [6.07, 6.45) is 0.492. The monoisotopic (exact) mass is 468 g/mol. The predicted octanol–water partition coefficient (Wildman–Crippen LogP) is 5.25. The average molecular weight is 469 g/mol. The standard InChI is InChI=1S/C24H21ClN2O4S/c1-2-23(19-7-3-17(15-26)4-8-19)27(16-18-5-9-20(10-6-18)24(28)29)32(30,31)22-13-11-21(25)12-14-22/h3-14,23H,2,16H2,1H3,(H,28,29)/t23-/m0/s1. The Bertz CT molecular complexity index is 1230. The third kappa shape index (κ3) is 5.17. The van der Waals surface area contributed by atoms with E-state index in [0.717, 1.165) is 5.56 Å². The van der Waals surface area contributed by atoms with E-state index >= 15 is 0 Å². The molecule has 8 heteroatoms. The molecule has 0 fully saturated rings. The van der Waals surface area contributed by atoms with Crippen LogP contribution < -0.4 is 0 Å². The van der Waals surface area contributed by atoms with Crippen LogP contribution in [0.25, 0.3) is 0 Å². The molecule has 0 unspecified atom stereocenters. The molecule has 0 heterocycles. The second-order valence-corrected chi connectivity index (χ2v) is 9.49. The lowest BCUT2D eigenvalue weighted by atomic mass is 10.0. The summed E-state index contributed by atoms with van der Waals surface area (Å²) in [5.74, 6) is -1.05. The number of aromatic carboxylic acids is 1. The Kier molecular flexibility index (Phi) is 7.31. The van der Waals surface area contributed by atoms with Crippen LogP contribution in [0, 0.1) is 11.3 Å². The highest BCUT2D eigenvalue weighted by Gasteiger charge is 2.32. The number of carboxylic acids is 1. The van der Waals surface area contributed by atoms with E-state index in [1.54, 1.807) is 36.4 Å². The summed E-state index contributed by atoms with van der Waals surface area (Å²) in [6, 6.07) is 20.5. The molecule has 0 aliphatic rings.